The Kier molecular flexibility index (Phi) is 8.41. The van der Waals surface area contributed by atoms with Gasteiger partial charge < -0.3 is 29.5 Å². The zero-order valence-corrected chi connectivity index (χ0v) is 17.4. The molecule has 1 heterocycles. The maximum absolute atomic E-state index is 5.68. The molecule has 1 aromatic carbocycles. The molecular formula is C19H34N4O2S+2. The molecule has 7 heteroatoms. The topological polar surface area (TPSA) is 42.6 Å². The second-order valence-electron chi connectivity index (χ2n) is 7.45. The van der Waals surface area contributed by atoms with E-state index in [0.29, 0.717) is 13.3 Å². The minimum Gasteiger partial charge on any atom is -0.454 e. The van der Waals surface area contributed by atoms with Crippen LogP contribution in [-0.2, 0) is 6.54 Å². The van der Waals surface area contributed by atoms with Crippen molar-refractivity contribution in [2.45, 2.75) is 19.4 Å². The first-order chi connectivity index (χ1) is 12.5. The third-order valence-corrected chi connectivity index (χ3v) is 4.78. The molecule has 0 saturated carbocycles. The largest absolute Gasteiger partial charge is 0.454 e. The first kappa shape index (κ1) is 20.7. The summed E-state index contributed by atoms with van der Waals surface area (Å²) in [5, 5.41) is 4.25. The number of rotatable bonds is 10. The van der Waals surface area contributed by atoms with Gasteiger partial charge in [-0.2, -0.15) is 0 Å². The monoisotopic (exact) mass is 382 g/mol. The molecule has 0 aliphatic carbocycles. The Labute approximate surface area is 163 Å². The highest BCUT2D eigenvalue weighted by Gasteiger charge is 2.14. The van der Waals surface area contributed by atoms with Crippen molar-refractivity contribution in [3.8, 4) is 11.5 Å². The van der Waals surface area contributed by atoms with Crippen molar-refractivity contribution in [1.82, 2.24) is 10.2 Å². The predicted molar refractivity (Wildman–Crippen MR) is 108 cm³/mol. The summed E-state index contributed by atoms with van der Waals surface area (Å²) in [5.74, 6) is 1.63. The lowest BCUT2D eigenvalue weighted by molar-refractivity contribution is -0.858. The fourth-order valence-electron chi connectivity index (χ4n) is 2.90. The number of hydrogen-bond donors (Lipinski definition) is 3. The molecule has 2 rings (SSSR count). The average Bonchev–Trinajstić information content (AvgIpc) is 3.05. The van der Waals surface area contributed by atoms with Gasteiger partial charge in [-0.25, -0.2) is 0 Å². The maximum Gasteiger partial charge on any atom is 0.231 e. The van der Waals surface area contributed by atoms with Crippen molar-refractivity contribution < 1.29 is 19.3 Å². The van der Waals surface area contributed by atoms with Crippen LogP contribution in [0.1, 0.15) is 18.4 Å². The molecule has 3 N–H and O–H groups in total. The highest BCUT2D eigenvalue weighted by molar-refractivity contribution is 7.80. The third-order valence-electron chi connectivity index (χ3n) is 4.38. The number of quaternary nitrogens is 2. The molecule has 0 unspecified atom stereocenters. The van der Waals surface area contributed by atoms with Gasteiger partial charge in [0.2, 0.25) is 6.79 Å². The molecule has 6 nitrogen and oxygen atoms in total. The number of hydrogen-bond acceptors (Lipinski definition) is 3. The molecule has 26 heavy (non-hydrogen) atoms. The molecule has 0 amide bonds. The van der Waals surface area contributed by atoms with Gasteiger partial charge in [0.05, 0.1) is 41.3 Å². The number of ether oxygens (including phenoxy) is 2. The van der Waals surface area contributed by atoms with Crippen LogP contribution in [0.2, 0.25) is 0 Å². The number of benzene rings is 1. The highest BCUT2D eigenvalue weighted by atomic mass is 32.1. The van der Waals surface area contributed by atoms with E-state index in [9.17, 15) is 0 Å². The second-order valence-corrected chi connectivity index (χ2v) is 7.84. The van der Waals surface area contributed by atoms with Crippen LogP contribution >= 0.6 is 12.2 Å². The van der Waals surface area contributed by atoms with Crippen LogP contribution in [0.3, 0.4) is 0 Å². The fraction of sp³-hybridized carbons (Fsp3) is 0.632. The molecule has 0 fully saturated rings. The lowest BCUT2D eigenvalue weighted by Gasteiger charge is -2.26. The number of thiocarbonyl (C=S) groups is 1. The SMILES string of the molecule is C[NH+](C)CCCN(CCC[NH+](C)C)C(=S)NCc1ccc2c(c1)OCO2. The minimum atomic E-state index is 0.306. The van der Waals surface area contributed by atoms with Gasteiger partial charge in [-0.3, -0.25) is 0 Å². The van der Waals surface area contributed by atoms with E-state index in [1.54, 1.807) is 0 Å². The van der Waals surface area contributed by atoms with E-state index in [4.69, 9.17) is 21.7 Å². The molecule has 0 radical (unpaired) electrons. The molecule has 0 bridgehead atoms. The number of nitrogens with one attached hydrogen (secondary N) is 3. The number of fused-ring (bicyclic) bond motifs is 1. The lowest BCUT2D eigenvalue weighted by Crippen LogP contribution is -3.05. The Morgan fingerprint density at radius 1 is 1.04 bits per heavy atom. The minimum absolute atomic E-state index is 0.306. The van der Waals surface area contributed by atoms with E-state index in [0.717, 1.165) is 61.2 Å². The van der Waals surface area contributed by atoms with E-state index in [1.165, 1.54) is 9.80 Å². The predicted octanol–water partition coefficient (Wildman–Crippen LogP) is -0.839. The van der Waals surface area contributed by atoms with E-state index in [-0.39, 0.29) is 0 Å². The molecule has 0 atom stereocenters. The Morgan fingerprint density at radius 2 is 1.65 bits per heavy atom. The standard InChI is InChI=1S/C19H32N4O2S/c1-21(2)9-5-11-23(12-6-10-22(3)4)19(26)20-14-16-7-8-17-18(13-16)25-15-24-17/h7-8,13H,5-6,9-12,14-15H2,1-4H3,(H,20,26)/p+2. The zero-order chi connectivity index (χ0) is 18.9. The molecule has 0 spiro atoms. The molecule has 1 aromatic rings. The zero-order valence-electron chi connectivity index (χ0n) is 16.6. The lowest BCUT2D eigenvalue weighted by atomic mass is 10.2. The van der Waals surface area contributed by atoms with Crippen LogP contribution in [0, 0.1) is 0 Å². The smallest absolute Gasteiger partial charge is 0.231 e. The van der Waals surface area contributed by atoms with Crippen molar-refractivity contribution in [1.29, 1.82) is 0 Å². The van der Waals surface area contributed by atoms with Gasteiger partial charge in [0.15, 0.2) is 16.6 Å². The summed E-state index contributed by atoms with van der Waals surface area (Å²) in [6.07, 6.45) is 2.28. The molecule has 1 aliphatic rings. The third kappa shape index (κ3) is 6.97. The Morgan fingerprint density at radius 3 is 2.27 bits per heavy atom. The van der Waals surface area contributed by atoms with Crippen molar-refractivity contribution in [2.24, 2.45) is 0 Å². The Hall–Kier alpha value is -1.57. The highest BCUT2D eigenvalue weighted by Crippen LogP contribution is 2.32. The summed E-state index contributed by atoms with van der Waals surface area (Å²) in [4.78, 5) is 5.26. The normalized spacial score (nSPS) is 12.7. The maximum atomic E-state index is 5.68. The van der Waals surface area contributed by atoms with Crippen LogP contribution in [0.25, 0.3) is 0 Å². The van der Waals surface area contributed by atoms with Crippen LogP contribution in [0.5, 0.6) is 11.5 Å². The summed E-state index contributed by atoms with van der Waals surface area (Å²) in [7, 11) is 8.76. The quantitative estimate of drug-likeness (QED) is 0.461. The van der Waals surface area contributed by atoms with Gasteiger partial charge in [-0.1, -0.05) is 6.07 Å². The van der Waals surface area contributed by atoms with Gasteiger partial charge in [0.25, 0.3) is 0 Å². The van der Waals surface area contributed by atoms with Crippen molar-refractivity contribution in [2.75, 3.05) is 61.2 Å². The number of nitrogens with zero attached hydrogens (tertiary/aromatic N) is 1. The van der Waals surface area contributed by atoms with Crippen LogP contribution in [0.4, 0.5) is 0 Å². The Bertz CT molecular complexity index is 567. The van der Waals surface area contributed by atoms with Gasteiger partial charge in [-0.05, 0) is 29.9 Å². The summed E-state index contributed by atoms with van der Waals surface area (Å²) in [5.41, 5.74) is 1.15. The van der Waals surface area contributed by atoms with Crippen LogP contribution < -0.4 is 24.6 Å². The van der Waals surface area contributed by atoms with E-state index in [1.807, 2.05) is 12.1 Å². The first-order valence-corrected chi connectivity index (χ1v) is 9.86. The summed E-state index contributed by atoms with van der Waals surface area (Å²) < 4.78 is 10.8. The van der Waals surface area contributed by atoms with Gasteiger partial charge in [0.1, 0.15) is 0 Å². The van der Waals surface area contributed by atoms with Gasteiger partial charge >= 0.3 is 0 Å². The molecule has 0 aromatic heterocycles. The van der Waals surface area contributed by atoms with Crippen molar-refractivity contribution in [3.05, 3.63) is 23.8 Å². The van der Waals surface area contributed by atoms with Crippen LogP contribution in [0.15, 0.2) is 18.2 Å². The van der Waals surface area contributed by atoms with E-state index in [2.05, 4.69) is 44.5 Å². The van der Waals surface area contributed by atoms with Crippen molar-refractivity contribution in [3.63, 3.8) is 0 Å². The molecule has 0 saturated heterocycles. The second kappa shape index (κ2) is 10.5. The van der Waals surface area contributed by atoms with E-state index >= 15 is 0 Å². The molecule has 146 valence electrons. The summed E-state index contributed by atoms with van der Waals surface area (Å²) in [6, 6.07) is 6.03. The van der Waals surface area contributed by atoms with E-state index < -0.39 is 0 Å². The molecular weight excluding hydrogens is 348 g/mol. The van der Waals surface area contributed by atoms with Crippen molar-refractivity contribution >= 4 is 17.3 Å². The fourth-order valence-corrected chi connectivity index (χ4v) is 3.16. The first-order valence-electron chi connectivity index (χ1n) is 9.45. The van der Waals surface area contributed by atoms with Crippen LogP contribution in [-0.4, -0.2) is 71.2 Å². The summed E-state index contributed by atoms with van der Waals surface area (Å²) in [6.45, 7) is 5.31. The summed E-state index contributed by atoms with van der Waals surface area (Å²) >= 11 is 5.68. The van der Waals surface area contributed by atoms with Gasteiger partial charge in [-0.15, -0.1) is 0 Å². The Balaban J connectivity index is 1.84. The van der Waals surface area contributed by atoms with Gasteiger partial charge in [0, 0.05) is 32.5 Å². The molecule has 1 aliphatic heterocycles. The average molecular weight is 383 g/mol.